The van der Waals surface area contributed by atoms with Crippen LogP contribution in [0.2, 0.25) is 0 Å². The molecule has 0 aliphatic heterocycles. The molecule has 0 radical (unpaired) electrons. The van der Waals surface area contributed by atoms with Crippen molar-refractivity contribution in [3.63, 3.8) is 0 Å². The van der Waals surface area contributed by atoms with Crippen molar-refractivity contribution in [1.82, 2.24) is 9.97 Å². The van der Waals surface area contributed by atoms with Crippen molar-refractivity contribution in [1.29, 1.82) is 0 Å². The summed E-state index contributed by atoms with van der Waals surface area (Å²) in [6, 6.07) is 15.1. The number of nitrogens with one attached hydrogen (secondary N) is 1. The minimum Gasteiger partial charge on any atom is -0.508 e. The van der Waals surface area contributed by atoms with Crippen LogP contribution in [0.3, 0.4) is 0 Å². The minimum absolute atomic E-state index is 0.135. The molecule has 0 aliphatic carbocycles. The fourth-order valence-electron chi connectivity index (χ4n) is 2.61. The average Bonchev–Trinajstić information content (AvgIpc) is 3.11. The minimum atomic E-state index is -0.291. The number of phenols is 1. The van der Waals surface area contributed by atoms with Crippen LogP contribution in [-0.2, 0) is 0 Å². The third-order valence-corrected chi connectivity index (χ3v) is 3.95. The van der Waals surface area contributed by atoms with Gasteiger partial charge in [0.2, 0.25) is 11.8 Å². The maximum atomic E-state index is 12.4. The molecule has 2 aromatic heterocycles. The number of fused-ring (bicyclic) bond motifs is 1. The van der Waals surface area contributed by atoms with Crippen molar-refractivity contribution < 1.29 is 19.1 Å². The Balaban J connectivity index is 1.58. The Morgan fingerprint density at radius 2 is 2.04 bits per heavy atom. The first kappa shape index (κ1) is 16.6. The van der Waals surface area contributed by atoms with Crippen LogP contribution in [0.5, 0.6) is 11.6 Å². The van der Waals surface area contributed by atoms with Gasteiger partial charge in [-0.3, -0.25) is 4.79 Å². The molecule has 0 spiro atoms. The summed E-state index contributed by atoms with van der Waals surface area (Å²) >= 11 is 0. The first-order chi connectivity index (χ1) is 13.1. The summed E-state index contributed by atoms with van der Waals surface area (Å²) in [6.45, 7) is 0. The molecule has 7 nitrogen and oxygen atoms in total. The second kappa shape index (κ2) is 6.80. The smallest absolute Gasteiger partial charge is 0.257 e. The Hall–Kier alpha value is -3.87. The van der Waals surface area contributed by atoms with Gasteiger partial charge in [0.1, 0.15) is 11.3 Å². The second-order valence-corrected chi connectivity index (χ2v) is 5.80. The van der Waals surface area contributed by atoms with Gasteiger partial charge in [0.05, 0.1) is 12.7 Å². The van der Waals surface area contributed by atoms with E-state index in [1.54, 1.807) is 54.6 Å². The van der Waals surface area contributed by atoms with Gasteiger partial charge in [-0.05, 0) is 42.5 Å². The first-order valence-electron chi connectivity index (χ1n) is 8.14. The lowest BCUT2D eigenvalue weighted by molar-refractivity contribution is 0.102. The quantitative estimate of drug-likeness (QED) is 0.573. The highest BCUT2D eigenvalue weighted by Crippen LogP contribution is 2.28. The number of carbonyl (C=O) groups excluding carboxylic acids is 1. The highest BCUT2D eigenvalue weighted by atomic mass is 16.5. The Morgan fingerprint density at radius 3 is 2.78 bits per heavy atom. The van der Waals surface area contributed by atoms with E-state index in [9.17, 15) is 9.90 Å². The predicted molar refractivity (Wildman–Crippen MR) is 99.9 cm³/mol. The molecule has 4 aromatic rings. The van der Waals surface area contributed by atoms with Gasteiger partial charge >= 0.3 is 0 Å². The van der Waals surface area contributed by atoms with Gasteiger partial charge in [0, 0.05) is 23.5 Å². The molecule has 0 saturated carbocycles. The monoisotopic (exact) mass is 361 g/mol. The number of phenolic OH excluding ortho intramolecular Hbond substituents is 1. The van der Waals surface area contributed by atoms with E-state index in [-0.39, 0.29) is 11.7 Å². The molecular weight excluding hydrogens is 346 g/mol. The van der Waals surface area contributed by atoms with Gasteiger partial charge in [-0.1, -0.05) is 6.07 Å². The Bertz CT molecular complexity index is 1120. The zero-order valence-corrected chi connectivity index (χ0v) is 14.3. The number of oxazole rings is 1. The SMILES string of the molecule is COc1ccc(C(=O)Nc2ccc3oc(-c4cccc(O)c4)nc3c2)cn1. The van der Waals surface area contributed by atoms with Gasteiger partial charge < -0.3 is 19.6 Å². The number of hydrogen-bond acceptors (Lipinski definition) is 6. The Labute approximate surface area is 154 Å². The van der Waals surface area contributed by atoms with E-state index < -0.39 is 0 Å². The molecule has 0 unspecified atom stereocenters. The normalized spacial score (nSPS) is 10.7. The molecular formula is C20H15N3O4. The fraction of sp³-hybridized carbons (Fsp3) is 0.0500. The number of benzene rings is 2. The number of pyridine rings is 1. The van der Waals surface area contributed by atoms with E-state index in [1.165, 1.54) is 13.3 Å². The van der Waals surface area contributed by atoms with Crippen molar-refractivity contribution in [2.75, 3.05) is 12.4 Å². The second-order valence-electron chi connectivity index (χ2n) is 5.80. The number of nitrogens with zero attached hydrogens (tertiary/aromatic N) is 2. The molecule has 0 bridgehead atoms. The number of anilines is 1. The summed E-state index contributed by atoms with van der Waals surface area (Å²) in [5.74, 6) is 0.677. The number of ether oxygens (including phenoxy) is 1. The van der Waals surface area contributed by atoms with Crippen molar-refractivity contribution in [2.45, 2.75) is 0 Å². The standard InChI is InChI=1S/C20H15N3O4/c1-26-18-8-5-13(11-21-18)19(25)22-14-6-7-17-16(10-14)23-20(27-17)12-3-2-4-15(24)9-12/h2-11,24H,1H3,(H,22,25). The lowest BCUT2D eigenvalue weighted by Gasteiger charge is -2.05. The van der Waals surface area contributed by atoms with Crippen LogP contribution in [0.15, 0.2) is 65.2 Å². The summed E-state index contributed by atoms with van der Waals surface area (Å²) in [5, 5.41) is 12.4. The van der Waals surface area contributed by atoms with Crippen LogP contribution in [0.1, 0.15) is 10.4 Å². The number of aromatic hydroxyl groups is 1. The molecule has 2 N–H and O–H groups in total. The maximum absolute atomic E-state index is 12.4. The zero-order chi connectivity index (χ0) is 18.8. The highest BCUT2D eigenvalue weighted by Gasteiger charge is 2.11. The molecule has 1 amide bonds. The number of amides is 1. The molecule has 4 rings (SSSR count). The third kappa shape index (κ3) is 3.43. The van der Waals surface area contributed by atoms with Crippen molar-refractivity contribution in [3.8, 4) is 23.1 Å². The maximum Gasteiger partial charge on any atom is 0.257 e. The fourth-order valence-corrected chi connectivity index (χ4v) is 2.61. The van der Waals surface area contributed by atoms with Gasteiger partial charge in [-0.25, -0.2) is 9.97 Å². The largest absolute Gasteiger partial charge is 0.508 e. The summed E-state index contributed by atoms with van der Waals surface area (Å²) in [4.78, 5) is 20.8. The molecule has 134 valence electrons. The van der Waals surface area contributed by atoms with E-state index in [0.29, 0.717) is 39.7 Å². The lowest BCUT2D eigenvalue weighted by Crippen LogP contribution is -2.12. The number of hydrogen-bond donors (Lipinski definition) is 2. The van der Waals surface area contributed by atoms with Crippen LogP contribution in [0, 0.1) is 0 Å². The molecule has 0 aliphatic rings. The first-order valence-corrected chi connectivity index (χ1v) is 8.14. The third-order valence-electron chi connectivity index (χ3n) is 3.95. The molecule has 27 heavy (non-hydrogen) atoms. The lowest BCUT2D eigenvalue weighted by atomic mass is 10.2. The van der Waals surface area contributed by atoms with E-state index in [4.69, 9.17) is 9.15 Å². The zero-order valence-electron chi connectivity index (χ0n) is 14.3. The van der Waals surface area contributed by atoms with Gasteiger partial charge in [-0.2, -0.15) is 0 Å². The Kier molecular flexibility index (Phi) is 4.18. The van der Waals surface area contributed by atoms with Gasteiger partial charge in [0.15, 0.2) is 5.58 Å². The van der Waals surface area contributed by atoms with E-state index in [2.05, 4.69) is 15.3 Å². The molecule has 2 heterocycles. The topological polar surface area (TPSA) is 97.5 Å². The summed E-state index contributed by atoms with van der Waals surface area (Å²) in [6.07, 6.45) is 1.45. The van der Waals surface area contributed by atoms with E-state index in [0.717, 1.165) is 0 Å². The molecule has 2 aromatic carbocycles. The number of carbonyl (C=O) groups is 1. The molecule has 7 heteroatoms. The van der Waals surface area contributed by atoms with Crippen LogP contribution >= 0.6 is 0 Å². The number of rotatable bonds is 4. The van der Waals surface area contributed by atoms with Crippen LogP contribution in [0.4, 0.5) is 5.69 Å². The molecule has 0 atom stereocenters. The van der Waals surface area contributed by atoms with Crippen molar-refractivity contribution >= 4 is 22.7 Å². The number of methoxy groups -OCH3 is 1. The van der Waals surface area contributed by atoms with Crippen molar-refractivity contribution in [3.05, 3.63) is 66.4 Å². The summed E-state index contributed by atoms with van der Waals surface area (Å²) in [7, 11) is 1.51. The van der Waals surface area contributed by atoms with Crippen molar-refractivity contribution in [2.24, 2.45) is 0 Å². The van der Waals surface area contributed by atoms with Gasteiger partial charge in [0.25, 0.3) is 5.91 Å². The van der Waals surface area contributed by atoms with Gasteiger partial charge in [-0.15, -0.1) is 0 Å². The van der Waals surface area contributed by atoms with Crippen LogP contribution < -0.4 is 10.1 Å². The molecule has 0 fully saturated rings. The Morgan fingerprint density at radius 1 is 1.15 bits per heavy atom. The summed E-state index contributed by atoms with van der Waals surface area (Å²) < 4.78 is 10.7. The predicted octanol–water partition coefficient (Wildman–Crippen LogP) is 3.86. The van der Waals surface area contributed by atoms with E-state index >= 15 is 0 Å². The molecule has 0 saturated heterocycles. The van der Waals surface area contributed by atoms with E-state index in [1.807, 2.05) is 0 Å². The number of aromatic nitrogens is 2. The van der Waals surface area contributed by atoms with Crippen LogP contribution in [0.25, 0.3) is 22.6 Å². The highest BCUT2D eigenvalue weighted by molar-refractivity contribution is 6.04. The van der Waals surface area contributed by atoms with Crippen LogP contribution in [-0.4, -0.2) is 28.1 Å². The summed E-state index contributed by atoms with van der Waals surface area (Å²) in [5.41, 5.74) is 2.84. The average molecular weight is 361 g/mol.